The van der Waals surface area contributed by atoms with Gasteiger partial charge in [0.25, 0.3) is 0 Å². The summed E-state index contributed by atoms with van der Waals surface area (Å²) in [4.78, 5) is 10.8. The second-order valence-corrected chi connectivity index (χ2v) is 7.18. The molecular formula is C14H18FNO4S. The number of carboxylic acid groups (broad SMARTS) is 1. The van der Waals surface area contributed by atoms with E-state index in [0.29, 0.717) is 6.42 Å². The van der Waals surface area contributed by atoms with E-state index in [9.17, 15) is 17.6 Å². The van der Waals surface area contributed by atoms with E-state index in [0.717, 1.165) is 31.4 Å². The van der Waals surface area contributed by atoms with E-state index in [-0.39, 0.29) is 10.5 Å². The Bertz CT molecular complexity index is 675. The molecule has 0 atom stereocenters. The average Bonchev–Trinajstić information content (AvgIpc) is 2.36. The zero-order chi connectivity index (χ0) is 15.8. The summed E-state index contributed by atoms with van der Waals surface area (Å²) in [5.41, 5.74) is -1.09. The number of hydrogen-bond acceptors (Lipinski definition) is 3. The number of nitrogens with one attached hydrogen (secondary N) is 1. The molecule has 5 nitrogen and oxygen atoms in total. The standard InChI is InChI=1S/C14H18FNO4S/c1-3-14(5-4-6-14)16-21(19,20)10-7-9(2)12(15)11(8-10)13(17)18/h7-8,16H,3-6H2,1-2H3,(H,17,18). The number of sulfonamides is 1. The summed E-state index contributed by atoms with van der Waals surface area (Å²) in [6.07, 6.45) is 3.14. The van der Waals surface area contributed by atoms with E-state index in [1.807, 2.05) is 6.92 Å². The molecule has 1 aromatic rings. The monoisotopic (exact) mass is 315 g/mol. The first kappa shape index (κ1) is 15.9. The van der Waals surface area contributed by atoms with Gasteiger partial charge in [-0.3, -0.25) is 0 Å². The quantitative estimate of drug-likeness (QED) is 0.874. The Kier molecular flexibility index (Phi) is 4.08. The van der Waals surface area contributed by atoms with Crippen LogP contribution in [0.5, 0.6) is 0 Å². The van der Waals surface area contributed by atoms with Crippen LogP contribution in [0.25, 0.3) is 0 Å². The number of aryl methyl sites for hydroxylation is 1. The van der Waals surface area contributed by atoms with E-state index in [1.165, 1.54) is 6.92 Å². The molecule has 0 spiro atoms. The molecule has 1 aliphatic carbocycles. The summed E-state index contributed by atoms with van der Waals surface area (Å²) in [6, 6.07) is 2.03. The number of halogens is 1. The number of aromatic carboxylic acids is 1. The van der Waals surface area contributed by atoms with E-state index < -0.39 is 32.9 Å². The molecule has 0 bridgehead atoms. The first-order chi connectivity index (χ1) is 9.71. The Balaban J connectivity index is 2.43. The first-order valence-electron chi connectivity index (χ1n) is 6.78. The Morgan fingerprint density at radius 2 is 2.05 bits per heavy atom. The van der Waals surface area contributed by atoms with Gasteiger partial charge in [0.15, 0.2) is 0 Å². The highest BCUT2D eigenvalue weighted by Crippen LogP contribution is 2.36. The van der Waals surface area contributed by atoms with Crippen LogP contribution < -0.4 is 4.72 Å². The second-order valence-electron chi connectivity index (χ2n) is 5.50. The van der Waals surface area contributed by atoms with Crippen molar-refractivity contribution in [3.63, 3.8) is 0 Å². The number of hydrogen-bond donors (Lipinski definition) is 2. The minimum Gasteiger partial charge on any atom is -0.478 e. The lowest BCUT2D eigenvalue weighted by molar-refractivity contribution is 0.0691. The molecule has 0 unspecified atom stereocenters. The zero-order valence-electron chi connectivity index (χ0n) is 11.9. The van der Waals surface area contributed by atoms with Gasteiger partial charge in [0.1, 0.15) is 5.82 Å². The van der Waals surface area contributed by atoms with E-state index in [2.05, 4.69) is 4.72 Å². The summed E-state index contributed by atoms with van der Waals surface area (Å²) < 4.78 is 41.2. The third-order valence-corrected chi connectivity index (χ3v) is 5.67. The normalized spacial score (nSPS) is 17.3. The van der Waals surface area contributed by atoms with Gasteiger partial charge in [-0.1, -0.05) is 6.92 Å². The fourth-order valence-corrected chi connectivity index (χ4v) is 4.16. The van der Waals surface area contributed by atoms with E-state index >= 15 is 0 Å². The van der Waals surface area contributed by atoms with Crippen LogP contribution in [-0.4, -0.2) is 25.0 Å². The Morgan fingerprint density at radius 3 is 2.48 bits per heavy atom. The lowest BCUT2D eigenvalue weighted by Gasteiger charge is -2.41. The Hall–Kier alpha value is -1.47. The molecule has 0 saturated heterocycles. The number of rotatable bonds is 5. The highest BCUT2D eigenvalue weighted by atomic mass is 32.2. The molecule has 1 saturated carbocycles. The predicted molar refractivity (Wildman–Crippen MR) is 75.3 cm³/mol. The van der Waals surface area contributed by atoms with Crippen LogP contribution in [0.15, 0.2) is 17.0 Å². The Labute approximate surface area is 123 Å². The first-order valence-corrected chi connectivity index (χ1v) is 8.26. The summed E-state index contributed by atoms with van der Waals surface area (Å²) in [5, 5.41) is 8.96. The maximum Gasteiger partial charge on any atom is 0.338 e. The van der Waals surface area contributed by atoms with Gasteiger partial charge in [0, 0.05) is 5.54 Å². The molecule has 2 rings (SSSR count). The van der Waals surface area contributed by atoms with Crippen molar-refractivity contribution in [2.75, 3.05) is 0 Å². The Morgan fingerprint density at radius 1 is 1.43 bits per heavy atom. The van der Waals surface area contributed by atoms with Crippen molar-refractivity contribution < 1.29 is 22.7 Å². The topological polar surface area (TPSA) is 83.5 Å². The fraction of sp³-hybridized carbons (Fsp3) is 0.500. The predicted octanol–water partition coefficient (Wildman–Crippen LogP) is 2.44. The molecule has 0 heterocycles. The van der Waals surface area contributed by atoms with Crippen molar-refractivity contribution in [1.29, 1.82) is 0 Å². The van der Waals surface area contributed by atoms with Crippen molar-refractivity contribution in [3.05, 3.63) is 29.1 Å². The summed E-state index contributed by atoms with van der Waals surface area (Å²) in [7, 11) is -3.87. The van der Waals surface area contributed by atoms with Crippen LogP contribution >= 0.6 is 0 Å². The molecule has 0 amide bonds. The van der Waals surface area contributed by atoms with Crippen LogP contribution in [0.1, 0.15) is 48.5 Å². The average molecular weight is 315 g/mol. The molecular weight excluding hydrogens is 297 g/mol. The highest BCUT2D eigenvalue weighted by Gasteiger charge is 2.39. The van der Waals surface area contributed by atoms with Gasteiger partial charge >= 0.3 is 5.97 Å². The number of carbonyl (C=O) groups is 1. The molecule has 1 fully saturated rings. The highest BCUT2D eigenvalue weighted by molar-refractivity contribution is 7.89. The van der Waals surface area contributed by atoms with Crippen LogP contribution in [0, 0.1) is 12.7 Å². The molecule has 2 N–H and O–H groups in total. The molecule has 21 heavy (non-hydrogen) atoms. The lowest BCUT2D eigenvalue weighted by Crippen LogP contribution is -2.52. The fourth-order valence-electron chi connectivity index (χ4n) is 2.52. The van der Waals surface area contributed by atoms with Crippen molar-refractivity contribution in [2.45, 2.75) is 50.0 Å². The maximum absolute atomic E-state index is 13.7. The SMILES string of the molecule is CCC1(NS(=O)(=O)c2cc(C)c(F)c(C(=O)O)c2)CCC1. The number of carboxylic acids is 1. The van der Waals surface area contributed by atoms with Crippen molar-refractivity contribution in [2.24, 2.45) is 0 Å². The molecule has 116 valence electrons. The summed E-state index contributed by atoms with van der Waals surface area (Å²) in [5.74, 6) is -2.39. The van der Waals surface area contributed by atoms with Crippen LogP contribution in [-0.2, 0) is 10.0 Å². The van der Waals surface area contributed by atoms with Gasteiger partial charge in [0.2, 0.25) is 10.0 Å². The van der Waals surface area contributed by atoms with Crippen LogP contribution in [0.2, 0.25) is 0 Å². The number of benzene rings is 1. The third-order valence-electron chi connectivity index (χ3n) is 4.11. The molecule has 7 heteroatoms. The van der Waals surface area contributed by atoms with Crippen molar-refractivity contribution >= 4 is 16.0 Å². The maximum atomic E-state index is 13.7. The zero-order valence-corrected chi connectivity index (χ0v) is 12.8. The summed E-state index contributed by atoms with van der Waals surface area (Å²) >= 11 is 0. The molecule has 0 aliphatic heterocycles. The molecule has 1 aromatic carbocycles. The van der Waals surface area contributed by atoms with Gasteiger partial charge in [-0.25, -0.2) is 22.3 Å². The van der Waals surface area contributed by atoms with E-state index in [1.54, 1.807) is 0 Å². The third kappa shape index (κ3) is 2.94. The summed E-state index contributed by atoms with van der Waals surface area (Å²) in [6.45, 7) is 3.25. The van der Waals surface area contributed by atoms with E-state index in [4.69, 9.17) is 5.11 Å². The molecule has 0 radical (unpaired) electrons. The van der Waals surface area contributed by atoms with Gasteiger partial charge in [0.05, 0.1) is 10.5 Å². The van der Waals surface area contributed by atoms with Gasteiger partial charge in [-0.05, 0) is 50.3 Å². The second kappa shape index (κ2) is 5.38. The minimum absolute atomic E-state index is 0.00515. The van der Waals surface area contributed by atoms with Crippen LogP contribution in [0.3, 0.4) is 0 Å². The lowest BCUT2D eigenvalue weighted by atomic mass is 9.76. The largest absolute Gasteiger partial charge is 0.478 e. The van der Waals surface area contributed by atoms with Crippen LogP contribution in [0.4, 0.5) is 4.39 Å². The minimum atomic E-state index is -3.87. The van der Waals surface area contributed by atoms with Crippen molar-refractivity contribution in [3.8, 4) is 0 Å². The molecule has 0 aromatic heterocycles. The smallest absolute Gasteiger partial charge is 0.338 e. The molecule has 1 aliphatic rings. The van der Waals surface area contributed by atoms with Gasteiger partial charge < -0.3 is 5.11 Å². The van der Waals surface area contributed by atoms with Gasteiger partial charge in [-0.2, -0.15) is 0 Å². The van der Waals surface area contributed by atoms with Gasteiger partial charge in [-0.15, -0.1) is 0 Å². The van der Waals surface area contributed by atoms with Crippen molar-refractivity contribution in [1.82, 2.24) is 4.72 Å².